The van der Waals surface area contributed by atoms with E-state index in [1.54, 1.807) is 0 Å². The number of benzene rings is 1. The number of nitrogens with two attached hydrogens (primary N) is 1. The SMILES string of the molecule is NC(=S)c1ccc(Br)cc1NC1CNC(=O)C1. The van der Waals surface area contributed by atoms with Crippen LogP contribution in [0.2, 0.25) is 0 Å². The van der Waals surface area contributed by atoms with Crippen molar-refractivity contribution in [3.8, 4) is 0 Å². The second-order valence-electron chi connectivity index (χ2n) is 3.90. The fraction of sp³-hybridized carbons (Fsp3) is 0.273. The van der Waals surface area contributed by atoms with E-state index in [0.29, 0.717) is 18.0 Å². The van der Waals surface area contributed by atoms with Gasteiger partial charge in [-0.05, 0) is 18.2 Å². The van der Waals surface area contributed by atoms with Crippen molar-refractivity contribution in [1.82, 2.24) is 5.32 Å². The summed E-state index contributed by atoms with van der Waals surface area (Å²) in [5.74, 6) is 0.0642. The van der Waals surface area contributed by atoms with Crippen LogP contribution in [0.5, 0.6) is 0 Å². The van der Waals surface area contributed by atoms with Crippen molar-refractivity contribution in [2.24, 2.45) is 5.73 Å². The van der Waals surface area contributed by atoms with E-state index < -0.39 is 0 Å². The lowest BCUT2D eigenvalue weighted by atomic mass is 10.1. The second-order valence-corrected chi connectivity index (χ2v) is 5.26. The lowest BCUT2D eigenvalue weighted by molar-refractivity contribution is -0.119. The molecule has 1 atom stereocenters. The number of hydrogen-bond acceptors (Lipinski definition) is 3. The highest BCUT2D eigenvalue weighted by molar-refractivity contribution is 9.10. The second kappa shape index (κ2) is 5.01. The van der Waals surface area contributed by atoms with E-state index in [2.05, 4.69) is 26.6 Å². The highest BCUT2D eigenvalue weighted by Gasteiger charge is 2.22. The summed E-state index contributed by atoms with van der Waals surface area (Å²) >= 11 is 8.40. The number of hydrogen-bond donors (Lipinski definition) is 3. The molecule has 1 amide bonds. The Hall–Kier alpha value is -1.14. The van der Waals surface area contributed by atoms with E-state index in [1.165, 1.54) is 0 Å². The van der Waals surface area contributed by atoms with E-state index in [9.17, 15) is 4.79 Å². The van der Waals surface area contributed by atoms with Gasteiger partial charge in [0, 0.05) is 28.7 Å². The van der Waals surface area contributed by atoms with Crippen LogP contribution in [0.4, 0.5) is 5.69 Å². The Bertz CT molecular complexity index is 478. The molecule has 0 radical (unpaired) electrons. The van der Waals surface area contributed by atoms with Crippen molar-refractivity contribution in [2.45, 2.75) is 12.5 Å². The molecule has 1 fully saturated rings. The number of rotatable bonds is 3. The van der Waals surface area contributed by atoms with Crippen LogP contribution in [0.15, 0.2) is 22.7 Å². The van der Waals surface area contributed by atoms with Crippen LogP contribution in [-0.2, 0) is 4.79 Å². The zero-order chi connectivity index (χ0) is 12.4. The van der Waals surface area contributed by atoms with Crippen molar-refractivity contribution < 1.29 is 4.79 Å². The van der Waals surface area contributed by atoms with Gasteiger partial charge in [0.2, 0.25) is 5.91 Å². The zero-order valence-electron chi connectivity index (χ0n) is 9.00. The number of thiocarbonyl (C=S) groups is 1. The fourth-order valence-electron chi connectivity index (χ4n) is 1.78. The number of halogens is 1. The number of carbonyl (C=O) groups is 1. The third-order valence-corrected chi connectivity index (χ3v) is 3.30. The topological polar surface area (TPSA) is 67.2 Å². The van der Waals surface area contributed by atoms with Gasteiger partial charge in [0.25, 0.3) is 0 Å². The van der Waals surface area contributed by atoms with Gasteiger partial charge in [-0.15, -0.1) is 0 Å². The number of anilines is 1. The molecule has 0 aromatic heterocycles. The van der Waals surface area contributed by atoms with Crippen LogP contribution in [-0.4, -0.2) is 23.5 Å². The molecule has 0 aliphatic carbocycles. The third-order valence-electron chi connectivity index (χ3n) is 2.58. The monoisotopic (exact) mass is 313 g/mol. The highest BCUT2D eigenvalue weighted by atomic mass is 79.9. The minimum Gasteiger partial charge on any atom is -0.389 e. The molecule has 1 aromatic rings. The molecule has 1 aliphatic rings. The highest BCUT2D eigenvalue weighted by Crippen LogP contribution is 2.23. The summed E-state index contributed by atoms with van der Waals surface area (Å²) in [6.07, 6.45) is 0.475. The molecule has 17 heavy (non-hydrogen) atoms. The molecule has 2 rings (SSSR count). The molecule has 4 N–H and O–H groups in total. The Morgan fingerprint density at radius 3 is 2.94 bits per heavy atom. The summed E-state index contributed by atoms with van der Waals surface area (Å²) < 4.78 is 0.942. The van der Waals surface area contributed by atoms with E-state index >= 15 is 0 Å². The zero-order valence-corrected chi connectivity index (χ0v) is 11.4. The molecule has 6 heteroatoms. The first-order valence-corrected chi connectivity index (χ1v) is 6.39. The predicted octanol–water partition coefficient (Wildman–Crippen LogP) is 1.38. The number of carbonyl (C=O) groups excluding carboxylic acids is 1. The molecule has 1 aromatic carbocycles. The first kappa shape index (κ1) is 12.3. The van der Waals surface area contributed by atoms with Crippen molar-refractivity contribution in [3.63, 3.8) is 0 Å². The maximum absolute atomic E-state index is 11.1. The van der Waals surface area contributed by atoms with Crippen LogP contribution < -0.4 is 16.4 Å². The van der Waals surface area contributed by atoms with Crippen LogP contribution in [0, 0.1) is 0 Å². The summed E-state index contributed by atoms with van der Waals surface area (Å²) in [7, 11) is 0. The maximum Gasteiger partial charge on any atom is 0.222 e. The molecule has 90 valence electrons. The molecule has 0 saturated carbocycles. The van der Waals surface area contributed by atoms with Gasteiger partial charge in [-0.2, -0.15) is 0 Å². The number of amides is 1. The van der Waals surface area contributed by atoms with E-state index in [0.717, 1.165) is 15.7 Å². The smallest absolute Gasteiger partial charge is 0.222 e. The van der Waals surface area contributed by atoms with Crippen LogP contribution in [0.3, 0.4) is 0 Å². The Labute approximate surface area is 113 Å². The summed E-state index contributed by atoms with van der Waals surface area (Å²) in [6, 6.07) is 5.75. The van der Waals surface area contributed by atoms with Gasteiger partial charge >= 0.3 is 0 Å². The van der Waals surface area contributed by atoms with E-state index in [1.807, 2.05) is 18.2 Å². The molecule has 0 spiro atoms. The fourth-order valence-corrected chi connectivity index (χ4v) is 2.32. The molecule has 1 unspecified atom stereocenters. The first-order chi connectivity index (χ1) is 8.06. The summed E-state index contributed by atoms with van der Waals surface area (Å²) in [5, 5.41) is 6.06. The quantitative estimate of drug-likeness (QED) is 0.738. The predicted molar refractivity (Wildman–Crippen MR) is 75.1 cm³/mol. The minimum atomic E-state index is 0.0642. The Kier molecular flexibility index (Phi) is 3.63. The van der Waals surface area contributed by atoms with Gasteiger partial charge < -0.3 is 16.4 Å². The normalized spacial score (nSPS) is 18.9. The molecule has 1 aliphatic heterocycles. The summed E-state index contributed by atoms with van der Waals surface area (Å²) in [5.41, 5.74) is 7.31. The lowest BCUT2D eigenvalue weighted by Gasteiger charge is -2.15. The van der Waals surface area contributed by atoms with Gasteiger partial charge in [0.05, 0.1) is 6.04 Å². The Balaban J connectivity index is 2.21. The molecular weight excluding hydrogens is 302 g/mol. The average molecular weight is 314 g/mol. The number of nitrogens with one attached hydrogen (secondary N) is 2. The lowest BCUT2D eigenvalue weighted by Crippen LogP contribution is -2.24. The van der Waals surface area contributed by atoms with Crippen molar-refractivity contribution in [2.75, 3.05) is 11.9 Å². The van der Waals surface area contributed by atoms with Gasteiger partial charge in [-0.1, -0.05) is 28.1 Å². The Morgan fingerprint density at radius 1 is 1.59 bits per heavy atom. The summed E-state index contributed by atoms with van der Waals surface area (Å²) in [6.45, 7) is 0.627. The third kappa shape index (κ3) is 2.95. The largest absolute Gasteiger partial charge is 0.389 e. The van der Waals surface area contributed by atoms with Gasteiger partial charge in [0.15, 0.2) is 0 Å². The van der Waals surface area contributed by atoms with E-state index in [4.69, 9.17) is 18.0 Å². The molecular formula is C11H12BrN3OS. The maximum atomic E-state index is 11.1. The van der Waals surface area contributed by atoms with Gasteiger partial charge in [-0.25, -0.2) is 0 Å². The molecule has 4 nitrogen and oxygen atoms in total. The Morgan fingerprint density at radius 2 is 2.35 bits per heavy atom. The summed E-state index contributed by atoms with van der Waals surface area (Å²) in [4.78, 5) is 11.5. The van der Waals surface area contributed by atoms with E-state index in [-0.39, 0.29) is 11.9 Å². The molecule has 1 heterocycles. The minimum absolute atomic E-state index is 0.0642. The average Bonchev–Trinajstić information content (AvgIpc) is 2.63. The van der Waals surface area contributed by atoms with Gasteiger partial charge in [0.1, 0.15) is 4.99 Å². The van der Waals surface area contributed by atoms with Crippen LogP contribution in [0.25, 0.3) is 0 Å². The molecule has 1 saturated heterocycles. The van der Waals surface area contributed by atoms with Crippen LogP contribution in [0.1, 0.15) is 12.0 Å². The van der Waals surface area contributed by atoms with Crippen molar-refractivity contribution >= 4 is 44.7 Å². The van der Waals surface area contributed by atoms with Crippen LogP contribution >= 0.6 is 28.1 Å². The molecule has 0 bridgehead atoms. The van der Waals surface area contributed by atoms with Gasteiger partial charge in [-0.3, -0.25) is 4.79 Å². The standard InChI is InChI=1S/C11H12BrN3OS/c12-6-1-2-8(11(13)17)9(3-6)15-7-4-10(16)14-5-7/h1-3,7,15H,4-5H2,(H2,13,17)(H,14,16). The van der Waals surface area contributed by atoms with Crippen molar-refractivity contribution in [3.05, 3.63) is 28.2 Å². The van der Waals surface area contributed by atoms with Crippen molar-refractivity contribution in [1.29, 1.82) is 0 Å². The first-order valence-electron chi connectivity index (χ1n) is 5.19.